The van der Waals surface area contributed by atoms with Gasteiger partial charge in [-0.2, -0.15) is 0 Å². The summed E-state index contributed by atoms with van der Waals surface area (Å²) >= 11 is 0. The van der Waals surface area contributed by atoms with Gasteiger partial charge in [-0.05, 0) is 60.3 Å². The second-order valence-corrected chi connectivity index (χ2v) is 7.80. The molecule has 0 heterocycles. The number of allylic oxidation sites excluding steroid dienone is 1. The lowest BCUT2D eigenvalue weighted by Gasteiger charge is -2.28. The van der Waals surface area contributed by atoms with Crippen molar-refractivity contribution in [2.24, 2.45) is 0 Å². The monoisotopic (exact) mass is 368 g/mol. The Morgan fingerprint density at radius 2 is 1.44 bits per heavy atom. The van der Waals surface area contributed by atoms with Crippen LogP contribution >= 0.6 is 0 Å². The number of alkyl halides is 2. The lowest BCUT2D eigenvalue weighted by Crippen LogP contribution is -2.23. The lowest BCUT2D eigenvalue weighted by atomic mass is 9.82. The van der Waals surface area contributed by atoms with Crippen molar-refractivity contribution < 1.29 is 8.78 Å². The first-order chi connectivity index (χ1) is 13.1. The first-order valence-corrected chi connectivity index (χ1v) is 10.3. The maximum Gasteiger partial charge on any atom is 0.248 e. The summed E-state index contributed by atoms with van der Waals surface area (Å²) in [6.45, 7) is 2.19. The van der Waals surface area contributed by atoms with Gasteiger partial charge in [-0.15, -0.1) is 0 Å². The van der Waals surface area contributed by atoms with Gasteiger partial charge in [-0.3, -0.25) is 0 Å². The van der Waals surface area contributed by atoms with E-state index in [9.17, 15) is 8.78 Å². The van der Waals surface area contributed by atoms with Crippen LogP contribution in [-0.2, 0) is 12.8 Å². The standard InChI is InChI=1S/C25H30F2/c1-2-3-4-5-20-6-8-21(9-7-20)10-11-22-12-14-23(15-13-22)24-16-18-25(26,27)19-17-24/h4-9,12-15,24H,2-3,10-11,16-19H2,1H3/b5-4+. The highest BCUT2D eigenvalue weighted by Crippen LogP contribution is 2.40. The Kier molecular flexibility index (Phi) is 6.82. The smallest absolute Gasteiger partial charge is 0.207 e. The summed E-state index contributed by atoms with van der Waals surface area (Å²) in [5.41, 5.74) is 5.14. The molecule has 3 rings (SSSR count). The molecule has 1 saturated carbocycles. The second-order valence-electron chi connectivity index (χ2n) is 7.80. The van der Waals surface area contributed by atoms with Crippen LogP contribution in [0.25, 0.3) is 6.08 Å². The van der Waals surface area contributed by atoms with Gasteiger partial charge in [0, 0.05) is 12.8 Å². The van der Waals surface area contributed by atoms with Crippen molar-refractivity contribution in [1.29, 1.82) is 0 Å². The molecule has 0 unspecified atom stereocenters. The van der Waals surface area contributed by atoms with Gasteiger partial charge in [0.05, 0.1) is 0 Å². The number of rotatable bonds is 7. The molecule has 0 saturated heterocycles. The summed E-state index contributed by atoms with van der Waals surface area (Å²) in [5, 5.41) is 0. The lowest BCUT2D eigenvalue weighted by molar-refractivity contribution is -0.0382. The number of aryl methyl sites for hydroxylation is 2. The minimum Gasteiger partial charge on any atom is -0.207 e. The fraction of sp³-hybridized carbons (Fsp3) is 0.440. The molecule has 27 heavy (non-hydrogen) atoms. The van der Waals surface area contributed by atoms with Crippen LogP contribution in [-0.4, -0.2) is 5.92 Å². The summed E-state index contributed by atoms with van der Waals surface area (Å²) < 4.78 is 26.6. The summed E-state index contributed by atoms with van der Waals surface area (Å²) in [7, 11) is 0. The highest BCUT2D eigenvalue weighted by molar-refractivity contribution is 5.49. The molecule has 2 aromatic carbocycles. The van der Waals surface area contributed by atoms with E-state index in [1.807, 2.05) is 0 Å². The molecule has 0 N–H and O–H groups in total. The predicted molar refractivity (Wildman–Crippen MR) is 110 cm³/mol. The van der Waals surface area contributed by atoms with Crippen LogP contribution in [0.5, 0.6) is 0 Å². The average Bonchev–Trinajstić information content (AvgIpc) is 2.68. The largest absolute Gasteiger partial charge is 0.248 e. The maximum atomic E-state index is 13.3. The Morgan fingerprint density at radius 1 is 0.889 bits per heavy atom. The third kappa shape index (κ3) is 6.02. The van der Waals surface area contributed by atoms with Gasteiger partial charge in [0.25, 0.3) is 0 Å². The number of unbranched alkanes of at least 4 members (excludes halogenated alkanes) is 1. The second kappa shape index (κ2) is 9.30. The van der Waals surface area contributed by atoms with Gasteiger partial charge < -0.3 is 0 Å². The van der Waals surface area contributed by atoms with E-state index >= 15 is 0 Å². The first kappa shape index (κ1) is 19.8. The molecule has 2 heteroatoms. The fourth-order valence-electron chi connectivity index (χ4n) is 3.80. The Hall–Kier alpha value is -1.96. The van der Waals surface area contributed by atoms with Gasteiger partial charge in [-0.25, -0.2) is 8.78 Å². The molecule has 0 radical (unpaired) electrons. The third-order valence-corrected chi connectivity index (χ3v) is 5.62. The first-order valence-electron chi connectivity index (χ1n) is 10.3. The fourth-order valence-corrected chi connectivity index (χ4v) is 3.80. The maximum absolute atomic E-state index is 13.3. The Labute approximate surface area is 162 Å². The Bertz CT molecular complexity index is 716. The zero-order valence-electron chi connectivity index (χ0n) is 16.3. The van der Waals surface area contributed by atoms with Crippen molar-refractivity contribution in [3.63, 3.8) is 0 Å². The molecule has 0 atom stereocenters. The Morgan fingerprint density at radius 3 is 2.00 bits per heavy atom. The quantitative estimate of drug-likeness (QED) is 0.472. The molecular formula is C25H30F2. The summed E-state index contributed by atoms with van der Waals surface area (Å²) in [4.78, 5) is 0. The predicted octanol–water partition coefficient (Wildman–Crippen LogP) is 7.58. The van der Waals surface area contributed by atoms with Gasteiger partial charge >= 0.3 is 0 Å². The van der Waals surface area contributed by atoms with Crippen LogP contribution in [0.15, 0.2) is 54.6 Å². The van der Waals surface area contributed by atoms with Gasteiger partial charge in [0.2, 0.25) is 5.92 Å². The number of benzene rings is 2. The van der Waals surface area contributed by atoms with Crippen LogP contribution in [0.2, 0.25) is 0 Å². The highest BCUT2D eigenvalue weighted by atomic mass is 19.3. The molecule has 0 bridgehead atoms. The number of hydrogen-bond donors (Lipinski definition) is 0. The van der Waals surface area contributed by atoms with E-state index in [1.165, 1.54) is 28.7 Å². The Balaban J connectivity index is 1.50. The summed E-state index contributed by atoms with van der Waals surface area (Å²) in [6.07, 6.45) is 10.0. The minimum atomic E-state index is -2.45. The molecule has 0 nitrogen and oxygen atoms in total. The molecule has 1 aliphatic carbocycles. The molecule has 0 spiro atoms. The van der Waals surface area contributed by atoms with E-state index in [-0.39, 0.29) is 12.8 Å². The number of halogens is 2. The van der Waals surface area contributed by atoms with Crippen LogP contribution in [0.3, 0.4) is 0 Å². The molecule has 1 aliphatic rings. The molecule has 0 aromatic heterocycles. The molecule has 2 aromatic rings. The van der Waals surface area contributed by atoms with Crippen molar-refractivity contribution in [3.8, 4) is 0 Å². The van der Waals surface area contributed by atoms with Crippen LogP contribution in [0.1, 0.15) is 73.6 Å². The van der Waals surface area contributed by atoms with Crippen molar-refractivity contribution in [2.75, 3.05) is 0 Å². The van der Waals surface area contributed by atoms with Crippen LogP contribution in [0.4, 0.5) is 8.78 Å². The van der Waals surface area contributed by atoms with Crippen LogP contribution in [0, 0.1) is 0 Å². The zero-order chi connectivity index (χ0) is 19.1. The average molecular weight is 369 g/mol. The molecule has 0 amide bonds. The summed E-state index contributed by atoms with van der Waals surface area (Å²) in [5.74, 6) is -2.15. The molecular weight excluding hydrogens is 338 g/mol. The normalized spacial score (nSPS) is 17.4. The highest BCUT2D eigenvalue weighted by Gasteiger charge is 2.35. The summed E-state index contributed by atoms with van der Waals surface area (Å²) in [6, 6.07) is 17.4. The van der Waals surface area contributed by atoms with Crippen molar-refractivity contribution >= 4 is 6.08 Å². The van der Waals surface area contributed by atoms with E-state index in [0.29, 0.717) is 18.8 Å². The van der Waals surface area contributed by atoms with Crippen molar-refractivity contribution in [3.05, 3.63) is 76.9 Å². The van der Waals surface area contributed by atoms with Crippen molar-refractivity contribution in [2.45, 2.75) is 70.1 Å². The van der Waals surface area contributed by atoms with E-state index in [2.05, 4.69) is 67.6 Å². The third-order valence-electron chi connectivity index (χ3n) is 5.62. The minimum absolute atomic E-state index is 0.0308. The van der Waals surface area contributed by atoms with Gasteiger partial charge in [0.1, 0.15) is 0 Å². The molecule has 144 valence electrons. The van der Waals surface area contributed by atoms with E-state index in [1.54, 1.807) is 0 Å². The zero-order valence-corrected chi connectivity index (χ0v) is 16.3. The van der Waals surface area contributed by atoms with Crippen molar-refractivity contribution in [1.82, 2.24) is 0 Å². The molecule has 0 aliphatic heterocycles. The van der Waals surface area contributed by atoms with Crippen LogP contribution < -0.4 is 0 Å². The number of hydrogen-bond acceptors (Lipinski definition) is 0. The molecule has 1 fully saturated rings. The van der Waals surface area contributed by atoms with Gasteiger partial charge in [0.15, 0.2) is 0 Å². The van der Waals surface area contributed by atoms with Gasteiger partial charge in [-0.1, -0.05) is 74.0 Å². The van der Waals surface area contributed by atoms with E-state index in [0.717, 1.165) is 19.3 Å². The SMILES string of the molecule is CCC/C=C/c1ccc(CCc2ccc(C3CCC(F)(F)CC3)cc2)cc1. The topological polar surface area (TPSA) is 0 Å². The van der Waals surface area contributed by atoms with E-state index in [4.69, 9.17) is 0 Å². The van der Waals surface area contributed by atoms with E-state index < -0.39 is 5.92 Å².